The molecule has 0 spiro atoms. The number of hydrogen-bond donors (Lipinski definition) is 3. The second kappa shape index (κ2) is 12.9. The maximum absolute atomic E-state index is 14.1. The Morgan fingerprint density at radius 2 is 1.70 bits per heavy atom. The minimum absolute atomic E-state index is 0.00831. The van der Waals surface area contributed by atoms with Crippen molar-refractivity contribution in [2.45, 2.75) is 37.6 Å². The summed E-state index contributed by atoms with van der Waals surface area (Å²) < 4.78 is 29.2. The van der Waals surface area contributed by atoms with Crippen molar-refractivity contribution in [1.82, 2.24) is 10.3 Å². The van der Waals surface area contributed by atoms with Crippen LogP contribution >= 0.6 is 11.6 Å². The summed E-state index contributed by atoms with van der Waals surface area (Å²) in [6.07, 6.45) is 1.64. The normalized spacial score (nSPS) is 14.4. The Hall–Kier alpha value is -4.74. The Bertz CT molecular complexity index is 1830. The molecule has 3 amide bonds. The lowest BCUT2D eigenvalue weighted by Gasteiger charge is -2.37. The first-order chi connectivity index (χ1) is 21.0. The van der Waals surface area contributed by atoms with E-state index in [9.17, 15) is 22.8 Å². The molecule has 12 heteroatoms. The van der Waals surface area contributed by atoms with Gasteiger partial charge in [-0.3, -0.25) is 23.7 Å². The van der Waals surface area contributed by atoms with Crippen molar-refractivity contribution in [1.29, 1.82) is 0 Å². The summed E-state index contributed by atoms with van der Waals surface area (Å²) >= 11 is 6.22. The molecule has 3 aromatic carbocycles. The average molecular weight is 632 g/mol. The van der Waals surface area contributed by atoms with Crippen LogP contribution in [0.5, 0.6) is 0 Å². The summed E-state index contributed by atoms with van der Waals surface area (Å²) in [5, 5.41) is 8.74. The molecule has 5 rings (SSSR count). The van der Waals surface area contributed by atoms with Crippen molar-refractivity contribution in [3.63, 3.8) is 0 Å². The molecule has 1 aliphatic rings. The fourth-order valence-corrected chi connectivity index (χ4v) is 7.06. The van der Waals surface area contributed by atoms with Gasteiger partial charge in [0.15, 0.2) is 0 Å². The van der Waals surface area contributed by atoms with E-state index >= 15 is 0 Å². The number of hydrogen-bond acceptors (Lipinski definition) is 6. The predicted octanol–water partition coefficient (Wildman–Crippen LogP) is 4.87. The monoisotopic (exact) mass is 631 g/mol. The minimum atomic E-state index is -4.27. The molecular weight excluding hydrogens is 602 g/mol. The first kappa shape index (κ1) is 30.7. The number of aryl methyl sites for hydroxylation is 2. The first-order valence-electron chi connectivity index (χ1n) is 13.8. The molecule has 0 radical (unpaired) electrons. The zero-order valence-electron chi connectivity index (χ0n) is 24.0. The number of carbonyl (C=O) groups excluding carboxylic acids is 3. The van der Waals surface area contributed by atoms with Gasteiger partial charge in [0, 0.05) is 23.5 Å². The summed E-state index contributed by atoms with van der Waals surface area (Å²) in [6, 6.07) is 20.6. The third-order valence-electron chi connectivity index (χ3n) is 7.20. The lowest BCUT2D eigenvalue weighted by Crippen LogP contribution is -2.53. The van der Waals surface area contributed by atoms with E-state index in [4.69, 9.17) is 11.6 Å². The fourth-order valence-electron chi connectivity index (χ4n) is 4.91. The van der Waals surface area contributed by atoms with Gasteiger partial charge in [0.1, 0.15) is 11.7 Å². The molecule has 1 aromatic heterocycles. The van der Waals surface area contributed by atoms with E-state index in [0.29, 0.717) is 39.6 Å². The molecule has 4 aromatic rings. The van der Waals surface area contributed by atoms with Gasteiger partial charge < -0.3 is 16.0 Å². The van der Waals surface area contributed by atoms with Gasteiger partial charge in [-0.2, -0.15) is 0 Å². The van der Waals surface area contributed by atoms with Gasteiger partial charge in [-0.15, -0.1) is 0 Å². The standard InChI is InChI=1S/C32H30ClN5O5S/c1-20-18-29(21(2)17-24(20)33)44(42,43)38-27-9-4-3-7-25(27)37-32(41)28(38)19-30(39)35-16-14-22-10-12-23(13-11-22)36-31(40)26-8-5-6-15-34-26/h3-13,15,17-18,28H,14,16,19H2,1-2H3,(H,35,39)(H,36,40)(H,37,41). The summed E-state index contributed by atoms with van der Waals surface area (Å²) in [5.74, 6) is -1.40. The van der Waals surface area contributed by atoms with E-state index in [0.717, 1.165) is 9.87 Å². The number of nitrogens with zero attached hydrogens (tertiary/aromatic N) is 2. The van der Waals surface area contributed by atoms with Crippen LogP contribution in [0.4, 0.5) is 17.1 Å². The quantitative estimate of drug-likeness (QED) is 0.241. The second-order valence-electron chi connectivity index (χ2n) is 10.4. The van der Waals surface area contributed by atoms with Crippen LogP contribution in [0.1, 0.15) is 33.6 Å². The van der Waals surface area contributed by atoms with E-state index < -0.39 is 27.9 Å². The molecule has 10 nitrogen and oxygen atoms in total. The topological polar surface area (TPSA) is 138 Å². The van der Waals surface area contributed by atoms with Crippen LogP contribution < -0.4 is 20.3 Å². The van der Waals surface area contributed by atoms with Crippen LogP contribution in [0, 0.1) is 13.8 Å². The van der Waals surface area contributed by atoms with Crippen molar-refractivity contribution in [3.05, 3.63) is 112 Å². The van der Waals surface area contributed by atoms with Crippen molar-refractivity contribution < 1.29 is 22.8 Å². The third kappa shape index (κ3) is 6.58. The molecule has 0 saturated heterocycles. The first-order valence-corrected chi connectivity index (χ1v) is 15.7. The van der Waals surface area contributed by atoms with Gasteiger partial charge in [-0.05, 0) is 85.5 Å². The third-order valence-corrected chi connectivity index (χ3v) is 9.57. The Morgan fingerprint density at radius 1 is 0.977 bits per heavy atom. The number of amides is 3. The van der Waals surface area contributed by atoms with E-state index in [1.54, 1.807) is 80.7 Å². The predicted molar refractivity (Wildman–Crippen MR) is 169 cm³/mol. The van der Waals surface area contributed by atoms with Gasteiger partial charge in [-0.25, -0.2) is 8.42 Å². The molecule has 226 valence electrons. The molecule has 1 aliphatic heterocycles. The Balaban J connectivity index is 1.27. The van der Waals surface area contributed by atoms with E-state index in [1.165, 1.54) is 6.07 Å². The number of sulfonamides is 1. The van der Waals surface area contributed by atoms with Crippen LogP contribution in [-0.2, 0) is 26.0 Å². The number of rotatable bonds is 9. The van der Waals surface area contributed by atoms with E-state index in [-0.39, 0.29) is 29.5 Å². The lowest BCUT2D eigenvalue weighted by molar-refractivity contribution is -0.125. The van der Waals surface area contributed by atoms with Crippen LogP contribution in [0.2, 0.25) is 5.02 Å². The van der Waals surface area contributed by atoms with Gasteiger partial charge >= 0.3 is 0 Å². The summed E-state index contributed by atoms with van der Waals surface area (Å²) in [4.78, 5) is 42.6. The zero-order valence-corrected chi connectivity index (χ0v) is 25.6. The minimum Gasteiger partial charge on any atom is -0.356 e. The molecule has 1 unspecified atom stereocenters. The summed E-state index contributed by atoms with van der Waals surface area (Å²) in [7, 11) is -4.27. The number of nitrogens with one attached hydrogen (secondary N) is 3. The van der Waals surface area contributed by atoms with Crippen molar-refractivity contribution in [3.8, 4) is 0 Å². The number of anilines is 3. The van der Waals surface area contributed by atoms with Gasteiger partial charge in [0.25, 0.3) is 15.9 Å². The van der Waals surface area contributed by atoms with Crippen LogP contribution in [0.15, 0.2) is 90.0 Å². The zero-order chi connectivity index (χ0) is 31.4. The van der Waals surface area contributed by atoms with E-state index in [2.05, 4.69) is 20.9 Å². The molecule has 0 saturated carbocycles. The van der Waals surface area contributed by atoms with Gasteiger partial charge in [-0.1, -0.05) is 41.9 Å². The van der Waals surface area contributed by atoms with Crippen LogP contribution in [-0.4, -0.2) is 43.7 Å². The Morgan fingerprint density at radius 3 is 2.43 bits per heavy atom. The van der Waals surface area contributed by atoms with Crippen molar-refractivity contribution in [2.24, 2.45) is 0 Å². The fraction of sp³-hybridized carbons (Fsp3) is 0.188. The number of fused-ring (bicyclic) bond motifs is 1. The maximum atomic E-state index is 14.1. The number of para-hydroxylation sites is 2. The molecule has 1 atom stereocenters. The van der Waals surface area contributed by atoms with Crippen LogP contribution in [0.3, 0.4) is 0 Å². The van der Waals surface area contributed by atoms with Crippen molar-refractivity contribution in [2.75, 3.05) is 21.5 Å². The molecule has 0 fully saturated rings. The number of aromatic nitrogens is 1. The van der Waals surface area contributed by atoms with E-state index in [1.807, 2.05) is 12.1 Å². The number of pyridine rings is 1. The molecule has 0 aliphatic carbocycles. The smallest absolute Gasteiger partial charge is 0.274 e. The SMILES string of the molecule is Cc1cc(S(=O)(=O)N2c3ccccc3NC(=O)C2CC(=O)NCCc2ccc(NC(=O)c3ccccn3)cc2)c(C)cc1Cl. The largest absolute Gasteiger partial charge is 0.356 e. The van der Waals surface area contributed by atoms with Crippen molar-refractivity contribution >= 4 is 56.4 Å². The molecule has 44 heavy (non-hydrogen) atoms. The average Bonchev–Trinajstić information content (AvgIpc) is 3.00. The van der Waals surface area contributed by atoms with Crippen LogP contribution in [0.25, 0.3) is 0 Å². The maximum Gasteiger partial charge on any atom is 0.274 e. The Labute approximate surface area is 260 Å². The highest BCUT2D eigenvalue weighted by Gasteiger charge is 2.42. The molecule has 3 N–H and O–H groups in total. The number of benzene rings is 3. The lowest BCUT2D eigenvalue weighted by atomic mass is 10.1. The molecule has 2 heterocycles. The Kier molecular flexibility index (Phi) is 8.98. The van der Waals surface area contributed by atoms with Gasteiger partial charge in [0.05, 0.1) is 22.7 Å². The number of halogens is 1. The summed E-state index contributed by atoms with van der Waals surface area (Å²) in [6.45, 7) is 3.59. The highest BCUT2D eigenvalue weighted by Crippen LogP contribution is 2.38. The van der Waals surface area contributed by atoms with Gasteiger partial charge in [0.2, 0.25) is 11.8 Å². The highest BCUT2D eigenvalue weighted by molar-refractivity contribution is 7.93. The molecule has 0 bridgehead atoms. The summed E-state index contributed by atoms with van der Waals surface area (Å²) in [5.41, 5.74) is 3.41. The second-order valence-corrected chi connectivity index (χ2v) is 12.6. The molecular formula is C32H30ClN5O5S. The number of carbonyl (C=O) groups is 3. The highest BCUT2D eigenvalue weighted by atomic mass is 35.5.